The summed E-state index contributed by atoms with van der Waals surface area (Å²) in [6.45, 7) is 2.25. The number of aryl methyl sites for hydroxylation is 1. The van der Waals surface area contributed by atoms with Crippen molar-refractivity contribution in [2.45, 2.75) is 13.3 Å². The number of rotatable bonds is 3. The Morgan fingerprint density at radius 1 is 0.469 bits per heavy atom. The minimum Gasteiger partial charge on any atom is -0.0616 e. The van der Waals surface area contributed by atoms with E-state index < -0.39 is 0 Å². The van der Waals surface area contributed by atoms with Crippen LogP contribution >= 0.6 is 0 Å². The molecule has 0 unspecified atom stereocenters. The van der Waals surface area contributed by atoms with Gasteiger partial charge in [0.1, 0.15) is 0 Å². The van der Waals surface area contributed by atoms with Gasteiger partial charge in [0, 0.05) is 0 Å². The molecule has 0 aromatic heterocycles. The number of hydrogen-bond acceptors (Lipinski definition) is 0. The standard InChI is InChI=1S/C32H24/c1-2-22-18-19-29(27-16-14-23-8-3-5-10-25(23)20-27)31-13-7-12-30(32(22)31)28-17-15-24-9-4-6-11-26(24)21-28/h3-21H,2H2,1H3. The van der Waals surface area contributed by atoms with Crippen LogP contribution in [0, 0.1) is 0 Å². The molecule has 6 aromatic carbocycles. The van der Waals surface area contributed by atoms with Crippen LogP contribution in [0.2, 0.25) is 0 Å². The summed E-state index contributed by atoms with van der Waals surface area (Å²) in [6.07, 6.45) is 1.01. The van der Waals surface area contributed by atoms with Crippen molar-refractivity contribution in [1.29, 1.82) is 0 Å². The maximum Gasteiger partial charge on any atom is -0.00672 e. The number of fused-ring (bicyclic) bond motifs is 3. The first kappa shape index (κ1) is 18.8. The maximum atomic E-state index is 2.33. The highest BCUT2D eigenvalue weighted by molar-refractivity contribution is 6.07. The van der Waals surface area contributed by atoms with Gasteiger partial charge in [-0.15, -0.1) is 0 Å². The Balaban J connectivity index is 1.62. The minimum atomic E-state index is 1.01. The van der Waals surface area contributed by atoms with E-state index in [1.54, 1.807) is 0 Å². The molecule has 0 bridgehead atoms. The topological polar surface area (TPSA) is 0 Å². The van der Waals surface area contributed by atoms with Gasteiger partial charge in [0.05, 0.1) is 0 Å². The molecule has 0 saturated carbocycles. The Morgan fingerprint density at radius 3 is 1.69 bits per heavy atom. The third-order valence-electron chi connectivity index (χ3n) is 6.63. The highest BCUT2D eigenvalue weighted by atomic mass is 14.2. The molecule has 0 heterocycles. The third-order valence-corrected chi connectivity index (χ3v) is 6.63. The normalized spacial score (nSPS) is 11.4. The van der Waals surface area contributed by atoms with Crippen LogP contribution in [-0.4, -0.2) is 0 Å². The molecule has 0 spiro atoms. The molecular weight excluding hydrogens is 384 g/mol. The van der Waals surface area contributed by atoms with Crippen LogP contribution < -0.4 is 0 Å². The first-order valence-electron chi connectivity index (χ1n) is 11.3. The van der Waals surface area contributed by atoms with Crippen molar-refractivity contribution >= 4 is 32.3 Å². The van der Waals surface area contributed by atoms with E-state index in [0.29, 0.717) is 0 Å². The van der Waals surface area contributed by atoms with Gasteiger partial charge in [0.2, 0.25) is 0 Å². The van der Waals surface area contributed by atoms with E-state index >= 15 is 0 Å². The summed E-state index contributed by atoms with van der Waals surface area (Å²) >= 11 is 0. The van der Waals surface area contributed by atoms with Crippen molar-refractivity contribution < 1.29 is 0 Å². The zero-order valence-corrected chi connectivity index (χ0v) is 18.2. The second-order valence-electron chi connectivity index (χ2n) is 8.48. The van der Waals surface area contributed by atoms with Crippen LogP contribution in [0.3, 0.4) is 0 Å². The molecule has 0 nitrogen and oxygen atoms in total. The highest BCUT2D eigenvalue weighted by Gasteiger charge is 2.13. The van der Waals surface area contributed by atoms with Gasteiger partial charge in [-0.1, -0.05) is 110 Å². The summed E-state index contributed by atoms with van der Waals surface area (Å²) in [5.74, 6) is 0. The predicted octanol–water partition coefficient (Wildman–Crippen LogP) is 9.04. The van der Waals surface area contributed by atoms with Gasteiger partial charge >= 0.3 is 0 Å². The van der Waals surface area contributed by atoms with Crippen molar-refractivity contribution in [1.82, 2.24) is 0 Å². The number of hydrogen-bond donors (Lipinski definition) is 0. The Hall–Kier alpha value is -3.90. The first-order valence-corrected chi connectivity index (χ1v) is 11.3. The average Bonchev–Trinajstić information content (AvgIpc) is 2.87. The van der Waals surface area contributed by atoms with Crippen LogP contribution in [0.25, 0.3) is 54.6 Å². The third kappa shape index (κ3) is 3.08. The second kappa shape index (κ2) is 7.66. The van der Waals surface area contributed by atoms with E-state index in [2.05, 4.69) is 122 Å². The molecule has 0 N–H and O–H groups in total. The summed E-state index contributed by atoms with van der Waals surface area (Å²) < 4.78 is 0. The zero-order chi connectivity index (χ0) is 21.5. The van der Waals surface area contributed by atoms with E-state index in [4.69, 9.17) is 0 Å². The smallest absolute Gasteiger partial charge is 0.00672 e. The average molecular weight is 409 g/mol. The van der Waals surface area contributed by atoms with Crippen molar-refractivity contribution in [2.75, 3.05) is 0 Å². The van der Waals surface area contributed by atoms with Gasteiger partial charge in [0.15, 0.2) is 0 Å². The lowest BCUT2D eigenvalue weighted by atomic mass is 9.88. The van der Waals surface area contributed by atoms with Gasteiger partial charge in [-0.05, 0) is 78.7 Å². The monoisotopic (exact) mass is 408 g/mol. The fourth-order valence-corrected chi connectivity index (χ4v) is 4.98. The summed E-state index contributed by atoms with van der Waals surface area (Å²) in [6, 6.07) is 42.2. The Morgan fingerprint density at radius 2 is 1.06 bits per heavy atom. The molecule has 0 radical (unpaired) electrons. The Labute approximate surface area is 188 Å². The van der Waals surface area contributed by atoms with Crippen LogP contribution in [0.15, 0.2) is 115 Å². The van der Waals surface area contributed by atoms with E-state index in [9.17, 15) is 0 Å². The van der Waals surface area contributed by atoms with E-state index in [1.165, 1.54) is 60.1 Å². The molecule has 0 aliphatic rings. The minimum absolute atomic E-state index is 1.01. The molecule has 0 saturated heterocycles. The van der Waals surface area contributed by atoms with Gasteiger partial charge in [-0.25, -0.2) is 0 Å². The molecule has 0 atom stereocenters. The lowest BCUT2D eigenvalue weighted by Gasteiger charge is -2.16. The number of benzene rings is 6. The van der Waals surface area contributed by atoms with Crippen molar-refractivity contribution in [3.8, 4) is 22.3 Å². The van der Waals surface area contributed by atoms with Crippen molar-refractivity contribution in [3.63, 3.8) is 0 Å². The Bertz CT molecular complexity index is 1600. The van der Waals surface area contributed by atoms with Gasteiger partial charge < -0.3 is 0 Å². The molecule has 152 valence electrons. The van der Waals surface area contributed by atoms with Crippen LogP contribution in [0.1, 0.15) is 12.5 Å². The van der Waals surface area contributed by atoms with Gasteiger partial charge in [-0.2, -0.15) is 0 Å². The van der Waals surface area contributed by atoms with Gasteiger partial charge in [0.25, 0.3) is 0 Å². The fourth-order valence-electron chi connectivity index (χ4n) is 4.98. The molecule has 0 amide bonds. The zero-order valence-electron chi connectivity index (χ0n) is 18.2. The fraction of sp³-hybridized carbons (Fsp3) is 0.0625. The van der Waals surface area contributed by atoms with Crippen LogP contribution in [0.4, 0.5) is 0 Å². The van der Waals surface area contributed by atoms with E-state index in [1.807, 2.05) is 0 Å². The van der Waals surface area contributed by atoms with Crippen molar-refractivity contribution in [3.05, 3.63) is 121 Å². The molecule has 32 heavy (non-hydrogen) atoms. The summed E-state index contributed by atoms with van der Waals surface area (Å²) in [7, 11) is 0. The summed E-state index contributed by atoms with van der Waals surface area (Å²) in [4.78, 5) is 0. The quantitative estimate of drug-likeness (QED) is 0.274. The summed E-state index contributed by atoms with van der Waals surface area (Å²) in [5.41, 5.74) is 6.55. The van der Waals surface area contributed by atoms with Crippen molar-refractivity contribution in [2.24, 2.45) is 0 Å². The lowest BCUT2D eigenvalue weighted by Crippen LogP contribution is -1.91. The molecular formula is C32H24. The summed E-state index contributed by atoms with van der Waals surface area (Å²) in [5, 5.41) is 7.82. The largest absolute Gasteiger partial charge is 0.0616 e. The molecule has 0 aliphatic heterocycles. The SMILES string of the molecule is CCc1ccc(-c2ccc3ccccc3c2)c2cccc(-c3ccc4ccccc4c3)c12. The van der Waals surface area contributed by atoms with E-state index in [0.717, 1.165) is 6.42 Å². The van der Waals surface area contributed by atoms with Crippen LogP contribution in [-0.2, 0) is 6.42 Å². The molecule has 0 heteroatoms. The molecule has 6 aromatic rings. The molecule has 0 aliphatic carbocycles. The van der Waals surface area contributed by atoms with E-state index in [-0.39, 0.29) is 0 Å². The van der Waals surface area contributed by atoms with Crippen LogP contribution in [0.5, 0.6) is 0 Å². The van der Waals surface area contributed by atoms with Gasteiger partial charge in [-0.3, -0.25) is 0 Å². The second-order valence-corrected chi connectivity index (χ2v) is 8.48. The predicted molar refractivity (Wildman–Crippen MR) is 139 cm³/mol. The highest BCUT2D eigenvalue weighted by Crippen LogP contribution is 2.38. The first-order chi connectivity index (χ1) is 15.8. The Kier molecular flexibility index (Phi) is 4.51. The molecule has 0 fully saturated rings. The lowest BCUT2D eigenvalue weighted by molar-refractivity contribution is 1.16. The molecule has 6 rings (SSSR count). The maximum absolute atomic E-state index is 2.33.